The van der Waals surface area contributed by atoms with Crippen molar-refractivity contribution in [3.8, 4) is 17.6 Å². The van der Waals surface area contributed by atoms with Gasteiger partial charge in [0.15, 0.2) is 5.75 Å². The number of carbonyl (C=O) groups excluding carboxylic acids is 2. The highest BCUT2D eigenvalue weighted by Crippen LogP contribution is 2.39. The number of imide groups is 1. The van der Waals surface area contributed by atoms with Gasteiger partial charge in [-0.3, -0.25) is 20.3 Å². The molecule has 0 aliphatic carbocycles. The number of hydrogen-bond donors (Lipinski definition) is 3. The van der Waals surface area contributed by atoms with Crippen molar-refractivity contribution in [3.63, 3.8) is 0 Å². The van der Waals surface area contributed by atoms with Gasteiger partial charge in [0.1, 0.15) is 11.8 Å². The molecule has 13 heteroatoms. The number of anilines is 1. The average molecular weight is 520 g/mol. The topological polar surface area (TPSA) is 153 Å². The number of hydrazone groups is 1. The zero-order chi connectivity index (χ0) is 25.5. The summed E-state index contributed by atoms with van der Waals surface area (Å²) in [6.45, 7) is 1.54. The summed E-state index contributed by atoms with van der Waals surface area (Å²) in [4.78, 5) is 36.5. The Hall–Kier alpha value is -3.85. The minimum Gasteiger partial charge on any atom is -0.465 e. The Morgan fingerprint density at radius 1 is 1.26 bits per heavy atom. The first-order chi connectivity index (χ1) is 16.7. The number of fused-ring (bicyclic) bond motifs is 1. The smallest absolute Gasteiger partial charge is 0.411 e. The summed E-state index contributed by atoms with van der Waals surface area (Å²) in [5, 5.41) is 22.8. The maximum absolute atomic E-state index is 12.7. The van der Waals surface area contributed by atoms with Crippen LogP contribution in [0.3, 0.4) is 0 Å². The summed E-state index contributed by atoms with van der Waals surface area (Å²) in [5.74, 6) is -0.689. The van der Waals surface area contributed by atoms with E-state index in [-0.39, 0.29) is 27.4 Å². The molecule has 0 atom stereocenters. The van der Waals surface area contributed by atoms with Crippen LogP contribution < -0.4 is 15.5 Å². The molecule has 11 nitrogen and oxygen atoms in total. The van der Waals surface area contributed by atoms with Crippen molar-refractivity contribution >= 4 is 52.5 Å². The van der Waals surface area contributed by atoms with Gasteiger partial charge >= 0.3 is 6.09 Å². The number of benzene rings is 2. The molecule has 0 unspecified atom stereocenters. The van der Waals surface area contributed by atoms with E-state index in [2.05, 4.69) is 10.5 Å². The van der Waals surface area contributed by atoms with Gasteiger partial charge in [0, 0.05) is 25.8 Å². The summed E-state index contributed by atoms with van der Waals surface area (Å²) in [6.07, 6.45) is -0.971. The van der Waals surface area contributed by atoms with E-state index < -0.39 is 17.7 Å². The fourth-order valence-corrected chi connectivity index (χ4v) is 3.80. The molecule has 0 radical (unpaired) electrons. The van der Waals surface area contributed by atoms with Gasteiger partial charge in [-0.1, -0.05) is 23.2 Å². The number of halogens is 2. The van der Waals surface area contributed by atoms with Crippen LogP contribution in [0.25, 0.3) is 0 Å². The molecular weight excluding hydrogens is 501 g/mol. The predicted octanol–water partition coefficient (Wildman–Crippen LogP) is 3.52. The fraction of sp³-hybridized carbons (Fsp3) is 0.227. The molecule has 0 bridgehead atoms. The van der Waals surface area contributed by atoms with E-state index in [0.717, 1.165) is 5.56 Å². The first-order valence-corrected chi connectivity index (χ1v) is 10.8. The van der Waals surface area contributed by atoms with E-state index in [9.17, 15) is 14.4 Å². The molecule has 2 aromatic carbocycles. The molecule has 182 valence electrons. The number of rotatable bonds is 8. The molecule has 3 amide bonds. The Labute approximate surface area is 209 Å². The minimum absolute atomic E-state index is 0.0735. The van der Waals surface area contributed by atoms with Crippen LogP contribution in [-0.4, -0.2) is 60.4 Å². The Bertz CT molecular complexity index is 1220. The largest absolute Gasteiger partial charge is 0.465 e. The molecule has 1 heterocycles. The molecule has 1 aliphatic rings. The van der Waals surface area contributed by atoms with Gasteiger partial charge in [-0.25, -0.2) is 4.79 Å². The van der Waals surface area contributed by atoms with Crippen LogP contribution in [0.5, 0.6) is 11.5 Å². The molecule has 0 saturated carbocycles. The van der Waals surface area contributed by atoms with Crippen molar-refractivity contribution in [2.45, 2.75) is 6.42 Å². The summed E-state index contributed by atoms with van der Waals surface area (Å²) in [6, 6.07) is 9.35. The van der Waals surface area contributed by atoms with E-state index in [0.29, 0.717) is 37.4 Å². The van der Waals surface area contributed by atoms with Crippen LogP contribution in [0.4, 0.5) is 10.5 Å². The molecule has 2 aromatic rings. The molecule has 3 N–H and O–H groups in total. The van der Waals surface area contributed by atoms with Gasteiger partial charge in [0.25, 0.3) is 11.8 Å². The Morgan fingerprint density at radius 2 is 1.97 bits per heavy atom. The monoisotopic (exact) mass is 519 g/mol. The molecule has 1 aliphatic heterocycles. The molecule has 0 aromatic heterocycles. The molecule has 0 saturated heterocycles. The number of amides is 3. The number of carboxylic acid groups (broad SMARTS) is 1. The predicted molar refractivity (Wildman–Crippen MR) is 127 cm³/mol. The van der Waals surface area contributed by atoms with Gasteiger partial charge in [0.2, 0.25) is 5.71 Å². The second kappa shape index (κ2) is 11.5. The summed E-state index contributed by atoms with van der Waals surface area (Å²) in [5.41, 5.74) is 3.35. The molecular formula is C22H19Cl2N5O6. The Balaban J connectivity index is 1.75. The van der Waals surface area contributed by atoms with Crippen molar-refractivity contribution in [1.29, 1.82) is 5.26 Å². The number of methoxy groups -OCH3 is 1. The molecule has 0 fully saturated rings. The summed E-state index contributed by atoms with van der Waals surface area (Å²) < 4.78 is 10.9. The maximum Gasteiger partial charge on any atom is 0.411 e. The van der Waals surface area contributed by atoms with Gasteiger partial charge in [-0.2, -0.15) is 10.4 Å². The number of nitriles is 1. The van der Waals surface area contributed by atoms with Crippen LogP contribution in [0.1, 0.15) is 15.9 Å². The standard InChI is InChI=1S/C22H19Cl2N5O6/c1-34-7-6-29-5-4-12-8-14(2-3-15(12)21(29)31)35-19-16(23)9-13(10-17(19)24)27-28-18(11-25)20(30)26-22(32)33/h2-3,8-10,27H,4-7H2,1H3,(H,26,30)(H,32,33). The average Bonchev–Trinajstić information content (AvgIpc) is 2.81. The van der Waals surface area contributed by atoms with E-state index in [1.54, 1.807) is 30.2 Å². The van der Waals surface area contributed by atoms with Crippen LogP contribution in [0, 0.1) is 11.3 Å². The second-order valence-corrected chi connectivity index (χ2v) is 7.98. The highest BCUT2D eigenvalue weighted by molar-refractivity contribution is 6.46. The lowest BCUT2D eigenvalue weighted by molar-refractivity contribution is -0.114. The van der Waals surface area contributed by atoms with Crippen LogP contribution >= 0.6 is 23.2 Å². The lowest BCUT2D eigenvalue weighted by Crippen LogP contribution is -2.39. The van der Waals surface area contributed by atoms with E-state index in [1.807, 2.05) is 0 Å². The fourth-order valence-electron chi connectivity index (χ4n) is 3.23. The lowest BCUT2D eigenvalue weighted by Gasteiger charge is -2.28. The number of nitrogens with zero attached hydrogens (tertiary/aromatic N) is 3. The van der Waals surface area contributed by atoms with E-state index in [1.165, 1.54) is 23.5 Å². The first-order valence-electron chi connectivity index (χ1n) is 10.1. The lowest BCUT2D eigenvalue weighted by atomic mass is 9.98. The van der Waals surface area contributed by atoms with Crippen molar-refractivity contribution in [3.05, 3.63) is 51.5 Å². The van der Waals surface area contributed by atoms with Gasteiger partial charge in [-0.15, -0.1) is 0 Å². The van der Waals surface area contributed by atoms with E-state index >= 15 is 0 Å². The SMILES string of the molecule is COCCN1CCc2cc(Oc3c(Cl)cc(NN=C(C#N)C(=O)NC(=O)O)cc3Cl)ccc2C1=O. The van der Waals surface area contributed by atoms with Crippen molar-refractivity contribution in [2.75, 3.05) is 32.2 Å². The molecule has 35 heavy (non-hydrogen) atoms. The van der Waals surface area contributed by atoms with Gasteiger partial charge < -0.3 is 19.5 Å². The quantitative estimate of drug-likeness (QED) is 0.353. The highest BCUT2D eigenvalue weighted by Gasteiger charge is 2.24. The molecule has 0 spiro atoms. The first kappa shape index (κ1) is 25.8. The number of ether oxygens (including phenoxy) is 2. The van der Waals surface area contributed by atoms with E-state index in [4.69, 9.17) is 43.0 Å². The van der Waals surface area contributed by atoms with Crippen molar-refractivity contribution < 1.29 is 29.0 Å². The third-order valence-electron chi connectivity index (χ3n) is 4.87. The van der Waals surface area contributed by atoms with Crippen LogP contribution in [0.2, 0.25) is 10.0 Å². The Morgan fingerprint density at radius 3 is 2.60 bits per heavy atom. The molecule has 3 rings (SSSR count). The summed E-state index contributed by atoms with van der Waals surface area (Å²) in [7, 11) is 1.59. The second-order valence-electron chi connectivity index (χ2n) is 7.17. The summed E-state index contributed by atoms with van der Waals surface area (Å²) >= 11 is 12.6. The van der Waals surface area contributed by atoms with Crippen molar-refractivity contribution in [2.24, 2.45) is 5.10 Å². The number of carbonyl (C=O) groups is 3. The Kier molecular flexibility index (Phi) is 8.48. The van der Waals surface area contributed by atoms with Gasteiger partial charge in [0.05, 0.1) is 22.3 Å². The zero-order valence-electron chi connectivity index (χ0n) is 18.3. The van der Waals surface area contributed by atoms with Gasteiger partial charge in [-0.05, 0) is 42.3 Å². The van der Waals surface area contributed by atoms with Crippen molar-refractivity contribution in [1.82, 2.24) is 10.2 Å². The van der Waals surface area contributed by atoms with Crippen LogP contribution in [-0.2, 0) is 16.0 Å². The zero-order valence-corrected chi connectivity index (χ0v) is 19.8. The maximum atomic E-state index is 12.7. The number of nitrogens with one attached hydrogen (secondary N) is 2. The normalized spacial score (nSPS) is 13.0. The third-order valence-corrected chi connectivity index (χ3v) is 5.43. The van der Waals surface area contributed by atoms with Crippen LogP contribution in [0.15, 0.2) is 35.4 Å². The minimum atomic E-state index is -1.62. The number of hydrogen-bond acceptors (Lipinski definition) is 8. The third kappa shape index (κ3) is 6.39. The highest BCUT2D eigenvalue weighted by atomic mass is 35.5.